The van der Waals surface area contributed by atoms with Crippen molar-refractivity contribution in [3.05, 3.63) is 0 Å². The van der Waals surface area contributed by atoms with E-state index in [1.807, 2.05) is 11.8 Å². The highest BCUT2D eigenvalue weighted by molar-refractivity contribution is 8.14. The molecule has 8 heavy (non-hydrogen) atoms. The maximum Gasteiger partial charge on any atom is 0.0652 e. The molecule has 0 radical (unpaired) electrons. The Hall–Kier alpha value is 0.0200. The second kappa shape index (κ2) is 2.09. The van der Waals surface area contributed by atoms with Gasteiger partial charge in [0.05, 0.1) is 11.1 Å². The van der Waals surface area contributed by atoms with Crippen molar-refractivity contribution in [1.29, 1.82) is 0 Å². The van der Waals surface area contributed by atoms with Gasteiger partial charge in [0.2, 0.25) is 0 Å². The van der Waals surface area contributed by atoms with E-state index in [1.165, 1.54) is 5.04 Å². The molecule has 0 saturated carbocycles. The monoisotopic (exact) mass is 129 g/mol. The predicted octanol–water partition coefficient (Wildman–Crippen LogP) is 1.93. The molecule has 1 heterocycles. The fourth-order valence-corrected chi connectivity index (χ4v) is 1.81. The van der Waals surface area contributed by atoms with Gasteiger partial charge in [0.1, 0.15) is 0 Å². The molecule has 0 fully saturated rings. The second-order valence-electron chi connectivity index (χ2n) is 2.21. The van der Waals surface area contributed by atoms with E-state index < -0.39 is 0 Å². The molecule has 1 aliphatic rings. The summed E-state index contributed by atoms with van der Waals surface area (Å²) >= 11 is 1.88. The zero-order valence-corrected chi connectivity index (χ0v) is 6.33. The maximum atomic E-state index is 4.35. The molecule has 0 N–H and O–H groups in total. The van der Waals surface area contributed by atoms with Gasteiger partial charge >= 0.3 is 0 Å². The Labute approximate surface area is 54.6 Å². The fourth-order valence-electron chi connectivity index (χ4n) is 0.790. The van der Waals surface area contributed by atoms with Gasteiger partial charge in [-0.1, -0.05) is 6.92 Å². The van der Waals surface area contributed by atoms with E-state index in [0.717, 1.165) is 0 Å². The molecular formula is C6H11NS. The lowest BCUT2D eigenvalue weighted by Gasteiger charge is -2.02. The van der Waals surface area contributed by atoms with Crippen LogP contribution in [0.1, 0.15) is 20.8 Å². The first-order valence-corrected chi connectivity index (χ1v) is 3.79. The summed E-state index contributed by atoms with van der Waals surface area (Å²) in [7, 11) is 0. The average Bonchev–Trinajstić information content (AvgIpc) is 1.85. The number of aliphatic imine (C=N–C) groups is 1. The summed E-state index contributed by atoms with van der Waals surface area (Å²) in [4.78, 5) is 4.35. The Balaban J connectivity index is 2.56. The van der Waals surface area contributed by atoms with Crippen molar-refractivity contribution < 1.29 is 0 Å². The van der Waals surface area contributed by atoms with Crippen LogP contribution in [-0.2, 0) is 0 Å². The Bertz CT molecular complexity index is 120. The van der Waals surface area contributed by atoms with E-state index >= 15 is 0 Å². The minimum atomic E-state index is 0.542. The van der Waals surface area contributed by atoms with Crippen LogP contribution in [0.3, 0.4) is 0 Å². The molecule has 0 aromatic heterocycles. The Morgan fingerprint density at radius 3 is 2.25 bits per heavy atom. The van der Waals surface area contributed by atoms with Crippen LogP contribution in [0.25, 0.3) is 0 Å². The van der Waals surface area contributed by atoms with E-state index in [-0.39, 0.29) is 0 Å². The van der Waals surface area contributed by atoms with Crippen LogP contribution in [0.15, 0.2) is 4.99 Å². The zero-order chi connectivity index (χ0) is 6.15. The number of nitrogens with zero attached hydrogens (tertiary/aromatic N) is 1. The van der Waals surface area contributed by atoms with Gasteiger partial charge in [-0.05, 0) is 13.8 Å². The second-order valence-corrected chi connectivity index (χ2v) is 3.78. The third-order valence-electron chi connectivity index (χ3n) is 1.42. The van der Waals surface area contributed by atoms with E-state index in [9.17, 15) is 0 Å². The summed E-state index contributed by atoms with van der Waals surface area (Å²) in [6.45, 7) is 6.45. The molecule has 1 rings (SSSR count). The van der Waals surface area contributed by atoms with Crippen LogP contribution in [0.2, 0.25) is 0 Å². The van der Waals surface area contributed by atoms with Gasteiger partial charge < -0.3 is 0 Å². The molecule has 2 atom stereocenters. The van der Waals surface area contributed by atoms with Crippen LogP contribution in [0, 0.1) is 0 Å². The first kappa shape index (κ1) is 6.14. The average molecular weight is 129 g/mol. The molecule has 0 bridgehead atoms. The summed E-state index contributed by atoms with van der Waals surface area (Å²) in [6, 6.07) is 0.542. The molecule has 2 unspecified atom stereocenters. The molecule has 1 aliphatic heterocycles. The lowest BCUT2D eigenvalue weighted by atomic mass is 10.3. The van der Waals surface area contributed by atoms with Crippen molar-refractivity contribution in [3.63, 3.8) is 0 Å². The summed E-state index contributed by atoms with van der Waals surface area (Å²) in [5.41, 5.74) is 0. The summed E-state index contributed by atoms with van der Waals surface area (Å²) in [5.74, 6) is 0. The largest absolute Gasteiger partial charge is 0.279 e. The normalized spacial score (nSPS) is 37.6. The highest BCUT2D eigenvalue weighted by Crippen LogP contribution is 2.25. The molecule has 0 aromatic rings. The van der Waals surface area contributed by atoms with Crippen molar-refractivity contribution in [3.8, 4) is 0 Å². The Morgan fingerprint density at radius 1 is 1.50 bits per heavy atom. The van der Waals surface area contributed by atoms with Crippen LogP contribution in [0.5, 0.6) is 0 Å². The summed E-state index contributed by atoms with van der Waals surface area (Å²) < 4.78 is 0. The van der Waals surface area contributed by atoms with Crippen LogP contribution < -0.4 is 0 Å². The van der Waals surface area contributed by atoms with Crippen molar-refractivity contribution in [2.24, 2.45) is 4.99 Å². The number of hydrogen-bond donors (Lipinski definition) is 0. The molecule has 0 amide bonds. The fraction of sp³-hybridized carbons (Fsp3) is 0.833. The maximum absolute atomic E-state index is 4.35. The molecule has 0 saturated heterocycles. The smallest absolute Gasteiger partial charge is 0.0652 e. The van der Waals surface area contributed by atoms with Crippen LogP contribution in [0.4, 0.5) is 0 Å². The van der Waals surface area contributed by atoms with Gasteiger partial charge in [-0.25, -0.2) is 0 Å². The minimum Gasteiger partial charge on any atom is -0.279 e. The van der Waals surface area contributed by atoms with Gasteiger partial charge in [-0.2, -0.15) is 0 Å². The molecule has 1 nitrogen and oxygen atoms in total. The van der Waals surface area contributed by atoms with Gasteiger partial charge in [-0.3, -0.25) is 4.99 Å². The van der Waals surface area contributed by atoms with Crippen LogP contribution in [-0.4, -0.2) is 16.3 Å². The van der Waals surface area contributed by atoms with Gasteiger partial charge in [-0.15, -0.1) is 11.8 Å². The predicted molar refractivity (Wildman–Crippen MR) is 39.6 cm³/mol. The molecule has 2 heteroatoms. The van der Waals surface area contributed by atoms with Crippen molar-refractivity contribution in [2.45, 2.75) is 32.1 Å². The van der Waals surface area contributed by atoms with Crippen molar-refractivity contribution in [2.75, 3.05) is 0 Å². The van der Waals surface area contributed by atoms with Gasteiger partial charge in [0, 0.05) is 5.25 Å². The lowest BCUT2D eigenvalue weighted by Crippen LogP contribution is -2.07. The first-order valence-electron chi connectivity index (χ1n) is 2.91. The number of thioether (sulfide) groups is 1. The highest BCUT2D eigenvalue weighted by atomic mass is 32.2. The summed E-state index contributed by atoms with van der Waals surface area (Å²) in [5, 5.41) is 1.94. The summed E-state index contributed by atoms with van der Waals surface area (Å²) in [6.07, 6.45) is 0. The zero-order valence-electron chi connectivity index (χ0n) is 5.51. The molecule has 46 valence electrons. The van der Waals surface area contributed by atoms with E-state index in [1.54, 1.807) is 0 Å². The number of hydrogen-bond acceptors (Lipinski definition) is 2. The third kappa shape index (κ3) is 1.05. The van der Waals surface area contributed by atoms with E-state index in [0.29, 0.717) is 11.3 Å². The topological polar surface area (TPSA) is 12.4 Å². The standard InChI is InChI=1S/C6H11NS/c1-4-5(2)8-6(3)7-4/h4-5H,1-3H3. The number of rotatable bonds is 0. The van der Waals surface area contributed by atoms with Crippen molar-refractivity contribution >= 4 is 16.8 Å². The molecule has 0 aromatic carbocycles. The Kier molecular flexibility index (Phi) is 1.61. The molecule has 0 spiro atoms. The first-order chi connectivity index (χ1) is 3.70. The van der Waals surface area contributed by atoms with Gasteiger partial charge in [0.25, 0.3) is 0 Å². The highest BCUT2D eigenvalue weighted by Gasteiger charge is 2.18. The SMILES string of the molecule is CC1=NC(C)C(C)S1. The lowest BCUT2D eigenvalue weighted by molar-refractivity contribution is 0.749. The minimum absolute atomic E-state index is 0.542. The van der Waals surface area contributed by atoms with Crippen LogP contribution >= 0.6 is 11.8 Å². The molecule has 0 aliphatic carbocycles. The molecular weight excluding hydrogens is 118 g/mol. The van der Waals surface area contributed by atoms with E-state index in [4.69, 9.17) is 0 Å². The quantitative estimate of drug-likeness (QED) is 0.487. The Morgan fingerprint density at radius 2 is 2.12 bits per heavy atom. The third-order valence-corrected chi connectivity index (χ3v) is 2.63. The van der Waals surface area contributed by atoms with Crippen molar-refractivity contribution in [1.82, 2.24) is 0 Å². The van der Waals surface area contributed by atoms with Gasteiger partial charge in [0.15, 0.2) is 0 Å². The van der Waals surface area contributed by atoms with E-state index in [2.05, 4.69) is 25.8 Å².